The zero-order valence-corrected chi connectivity index (χ0v) is 8.06. The fourth-order valence-electron chi connectivity index (χ4n) is 0.878. The van der Waals surface area contributed by atoms with Crippen LogP contribution in [0.15, 0.2) is 28.3 Å². The molecule has 0 heterocycles. The van der Waals surface area contributed by atoms with Crippen LogP contribution >= 0.6 is 23.4 Å². The van der Waals surface area contributed by atoms with Crippen molar-refractivity contribution in [1.29, 1.82) is 0 Å². The van der Waals surface area contributed by atoms with E-state index in [9.17, 15) is 0 Å². The Balaban J connectivity index is 3.19. The summed E-state index contributed by atoms with van der Waals surface area (Å²) in [4.78, 5) is 1.00. The van der Waals surface area contributed by atoms with E-state index in [1.807, 2.05) is 18.4 Å². The molecule has 0 bridgehead atoms. The van der Waals surface area contributed by atoms with Gasteiger partial charge in [0, 0.05) is 10.5 Å². The molecule has 2 nitrogen and oxygen atoms in total. The number of halogens is 1. The highest BCUT2D eigenvalue weighted by atomic mass is 35.5. The Morgan fingerprint density at radius 1 is 1.58 bits per heavy atom. The predicted octanol–water partition coefficient (Wildman–Crippen LogP) is 2.87. The fraction of sp³-hybridized carbons (Fsp3) is 0.125. The van der Waals surface area contributed by atoms with Gasteiger partial charge in [0.1, 0.15) is 0 Å². The van der Waals surface area contributed by atoms with Crippen molar-refractivity contribution in [3.05, 3.63) is 28.8 Å². The smallest absolute Gasteiger partial charge is 0.0760 e. The van der Waals surface area contributed by atoms with Crippen molar-refractivity contribution in [3.8, 4) is 0 Å². The maximum Gasteiger partial charge on any atom is 0.0760 e. The van der Waals surface area contributed by atoms with Crippen LogP contribution in [-0.2, 0) is 0 Å². The minimum atomic E-state index is 0.597. The summed E-state index contributed by atoms with van der Waals surface area (Å²) in [6.45, 7) is 0. The molecular formula is C8H8ClNOS. The van der Waals surface area contributed by atoms with Gasteiger partial charge in [-0.05, 0) is 18.4 Å². The summed E-state index contributed by atoms with van der Waals surface area (Å²) in [5, 5.41) is 11.9. The molecule has 0 aromatic heterocycles. The predicted molar refractivity (Wildman–Crippen MR) is 52.6 cm³/mol. The van der Waals surface area contributed by atoms with Crippen LogP contribution in [0.2, 0.25) is 5.02 Å². The second-order valence-corrected chi connectivity index (χ2v) is 3.36. The van der Waals surface area contributed by atoms with E-state index in [1.54, 1.807) is 17.8 Å². The van der Waals surface area contributed by atoms with Gasteiger partial charge >= 0.3 is 0 Å². The van der Waals surface area contributed by atoms with Crippen LogP contribution in [0.4, 0.5) is 0 Å². The SMILES string of the molecule is CSc1cccc(Cl)c1/C=N\O. The van der Waals surface area contributed by atoms with Gasteiger partial charge in [0.15, 0.2) is 0 Å². The summed E-state index contributed by atoms with van der Waals surface area (Å²) < 4.78 is 0. The fourth-order valence-corrected chi connectivity index (χ4v) is 1.75. The Morgan fingerprint density at radius 2 is 2.33 bits per heavy atom. The van der Waals surface area contributed by atoms with E-state index in [4.69, 9.17) is 16.8 Å². The van der Waals surface area contributed by atoms with Gasteiger partial charge in [0.2, 0.25) is 0 Å². The van der Waals surface area contributed by atoms with Crippen LogP contribution in [0, 0.1) is 0 Å². The van der Waals surface area contributed by atoms with Gasteiger partial charge in [-0.15, -0.1) is 11.8 Å². The third-order valence-electron chi connectivity index (χ3n) is 1.42. The number of thioether (sulfide) groups is 1. The minimum absolute atomic E-state index is 0.597. The molecule has 12 heavy (non-hydrogen) atoms. The molecular weight excluding hydrogens is 194 g/mol. The molecule has 0 spiro atoms. The van der Waals surface area contributed by atoms with Crippen LogP contribution in [0.25, 0.3) is 0 Å². The largest absolute Gasteiger partial charge is 0.411 e. The molecule has 0 radical (unpaired) electrons. The van der Waals surface area contributed by atoms with E-state index >= 15 is 0 Å². The molecule has 0 amide bonds. The number of nitrogens with zero attached hydrogens (tertiary/aromatic N) is 1. The van der Waals surface area contributed by atoms with Crippen LogP contribution in [0.1, 0.15) is 5.56 Å². The number of benzene rings is 1. The molecule has 0 saturated heterocycles. The number of hydrogen-bond donors (Lipinski definition) is 1. The third-order valence-corrected chi connectivity index (χ3v) is 2.55. The lowest BCUT2D eigenvalue weighted by Crippen LogP contribution is -1.86. The highest BCUT2D eigenvalue weighted by Crippen LogP contribution is 2.25. The molecule has 1 N–H and O–H groups in total. The van der Waals surface area contributed by atoms with Gasteiger partial charge in [-0.1, -0.05) is 22.8 Å². The van der Waals surface area contributed by atoms with Crippen LogP contribution in [-0.4, -0.2) is 17.7 Å². The molecule has 0 fully saturated rings. The topological polar surface area (TPSA) is 32.6 Å². The van der Waals surface area contributed by atoms with Gasteiger partial charge in [-0.3, -0.25) is 0 Å². The molecule has 0 aliphatic heterocycles. The van der Waals surface area contributed by atoms with Crippen molar-refractivity contribution in [3.63, 3.8) is 0 Å². The first-order valence-corrected chi connectivity index (χ1v) is 4.89. The van der Waals surface area contributed by atoms with Crippen molar-refractivity contribution in [2.75, 3.05) is 6.26 Å². The lowest BCUT2D eigenvalue weighted by molar-refractivity contribution is 0.322. The van der Waals surface area contributed by atoms with Gasteiger partial charge in [0.05, 0.1) is 11.2 Å². The zero-order valence-electron chi connectivity index (χ0n) is 6.49. The Hall–Kier alpha value is -0.670. The second kappa shape index (κ2) is 4.38. The standard InChI is InChI=1S/C8H8ClNOS/c1-12-8-4-2-3-7(9)6(8)5-10-11/h2-5,11H,1H3/b10-5-. The molecule has 1 rings (SSSR count). The second-order valence-electron chi connectivity index (χ2n) is 2.10. The highest BCUT2D eigenvalue weighted by molar-refractivity contribution is 7.98. The van der Waals surface area contributed by atoms with Crippen LogP contribution < -0.4 is 0 Å². The number of oxime groups is 1. The zero-order chi connectivity index (χ0) is 8.97. The summed E-state index contributed by atoms with van der Waals surface area (Å²) >= 11 is 7.43. The normalized spacial score (nSPS) is 10.8. The van der Waals surface area contributed by atoms with Gasteiger partial charge < -0.3 is 5.21 Å². The van der Waals surface area contributed by atoms with E-state index < -0.39 is 0 Å². The number of rotatable bonds is 2. The lowest BCUT2D eigenvalue weighted by atomic mass is 10.2. The monoisotopic (exact) mass is 201 g/mol. The summed E-state index contributed by atoms with van der Waals surface area (Å²) in [7, 11) is 0. The summed E-state index contributed by atoms with van der Waals surface area (Å²) in [5.74, 6) is 0. The molecule has 0 saturated carbocycles. The number of hydrogen-bond acceptors (Lipinski definition) is 3. The first kappa shape index (κ1) is 9.42. The molecule has 1 aromatic rings. The first-order chi connectivity index (χ1) is 5.79. The molecule has 4 heteroatoms. The van der Waals surface area contributed by atoms with Crippen molar-refractivity contribution >= 4 is 29.6 Å². The minimum Gasteiger partial charge on any atom is -0.411 e. The quantitative estimate of drug-likeness (QED) is 0.346. The van der Waals surface area contributed by atoms with Crippen molar-refractivity contribution in [2.24, 2.45) is 5.16 Å². The van der Waals surface area contributed by atoms with Crippen molar-refractivity contribution < 1.29 is 5.21 Å². The Kier molecular flexibility index (Phi) is 3.44. The van der Waals surface area contributed by atoms with Crippen LogP contribution in [0.5, 0.6) is 0 Å². The van der Waals surface area contributed by atoms with Crippen LogP contribution in [0.3, 0.4) is 0 Å². The Labute approximate surface area is 80.2 Å². The van der Waals surface area contributed by atoms with E-state index in [0.717, 1.165) is 10.5 Å². The van der Waals surface area contributed by atoms with E-state index in [-0.39, 0.29) is 0 Å². The lowest BCUT2D eigenvalue weighted by Gasteiger charge is -2.02. The van der Waals surface area contributed by atoms with Gasteiger partial charge in [0.25, 0.3) is 0 Å². The average Bonchev–Trinajstić information content (AvgIpc) is 2.09. The maximum atomic E-state index is 8.37. The molecule has 0 aliphatic rings. The average molecular weight is 202 g/mol. The molecule has 0 aliphatic carbocycles. The van der Waals surface area contributed by atoms with Gasteiger partial charge in [-0.2, -0.15) is 0 Å². The van der Waals surface area contributed by atoms with Gasteiger partial charge in [-0.25, -0.2) is 0 Å². The Bertz CT molecular complexity index is 301. The molecule has 0 unspecified atom stereocenters. The third kappa shape index (κ3) is 1.93. The highest BCUT2D eigenvalue weighted by Gasteiger charge is 2.02. The van der Waals surface area contributed by atoms with Crippen molar-refractivity contribution in [1.82, 2.24) is 0 Å². The molecule has 1 aromatic carbocycles. The summed E-state index contributed by atoms with van der Waals surface area (Å²) in [6.07, 6.45) is 3.29. The summed E-state index contributed by atoms with van der Waals surface area (Å²) in [5.41, 5.74) is 0.758. The molecule has 0 atom stereocenters. The van der Waals surface area contributed by atoms with E-state index in [0.29, 0.717) is 5.02 Å². The first-order valence-electron chi connectivity index (χ1n) is 3.29. The van der Waals surface area contributed by atoms with E-state index in [2.05, 4.69) is 5.16 Å². The van der Waals surface area contributed by atoms with Crippen molar-refractivity contribution in [2.45, 2.75) is 4.90 Å². The molecule has 64 valence electrons. The summed E-state index contributed by atoms with van der Waals surface area (Å²) in [6, 6.07) is 5.55. The van der Waals surface area contributed by atoms with E-state index in [1.165, 1.54) is 6.21 Å². The maximum absolute atomic E-state index is 8.37. The Morgan fingerprint density at radius 3 is 2.92 bits per heavy atom.